The summed E-state index contributed by atoms with van der Waals surface area (Å²) >= 11 is 0. The molecule has 3 nitrogen and oxygen atoms in total. The van der Waals surface area contributed by atoms with Crippen molar-refractivity contribution >= 4 is 11.6 Å². The number of aryl methyl sites for hydroxylation is 1. The van der Waals surface area contributed by atoms with E-state index in [1.165, 1.54) is 12.8 Å². The molecule has 0 aromatic heterocycles. The average molecular weight is 219 g/mol. The van der Waals surface area contributed by atoms with Crippen LogP contribution in [0.4, 0.5) is 5.69 Å². The fourth-order valence-electron chi connectivity index (χ4n) is 1.80. The van der Waals surface area contributed by atoms with Crippen LogP contribution in [0.5, 0.6) is 5.75 Å². The highest BCUT2D eigenvalue weighted by Crippen LogP contribution is 2.37. The lowest BCUT2D eigenvalue weighted by Crippen LogP contribution is -2.21. The van der Waals surface area contributed by atoms with Gasteiger partial charge in [0.15, 0.2) is 0 Å². The van der Waals surface area contributed by atoms with Crippen molar-refractivity contribution in [2.75, 3.05) is 5.32 Å². The first kappa shape index (κ1) is 11.0. The Hall–Kier alpha value is -1.51. The van der Waals surface area contributed by atoms with Crippen LogP contribution in [-0.4, -0.2) is 11.0 Å². The predicted molar refractivity (Wildman–Crippen MR) is 63.4 cm³/mol. The fraction of sp³-hybridized carbons (Fsp3) is 0.462. The second-order valence-electron chi connectivity index (χ2n) is 4.62. The Morgan fingerprint density at radius 1 is 1.50 bits per heavy atom. The maximum Gasteiger partial charge on any atom is 0.227 e. The van der Waals surface area contributed by atoms with E-state index in [-0.39, 0.29) is 17.6 Å². The molecule has 86 valence electrons. The Morgan fingerprint density at radius 3 is 2.75 bits per heavy atom. The maximum atomic E-state index is 11.8. The quantitative estimate of drug-likeness (QED) is 0.768. The maximum absolute atomic E-state index is 11.8. The normalized spacial score (nSPS) is 16.9. The summed E-state index contributed by atoms with van der Waals surface area (Å²) in [4.78, 5) is 11.8. The Bertz CT molecular complexity index is 410. The zero-order chi connectivity index (χ0) is 11.7. The summed E-state index contributed by atoms with van der Waals surface area (Å²) in [7, 11) is 0. The number of carbonyl (C=O) groups excluding carboxylic acids is 1. The number of benzene rings is 1. The number of anilines is 1. The van der Waals surface area contributed by atoms with Crippen molar-refractivity contribution in [1.29, 1.82) is 0 Å². The lowest BCUT2D eigenvalue weighted by Gasteiger charge is -2.11. The van der Waals surface area contributed by atoms with Crippen molar-refractivity contribution in [3.63, 3.8) is 0 Å². The summed E-state index contributed by atoms with van der Waals surface area (Å²) in [5, 5.41) is 12.3. The van der Waals surface area contributed by atoms with Gasteiger partial charge in [0, 0.05) is 11.6 Å². The summed E-state index contributed by atoms with van der Waals surface area (Å²) in [6.45, 7) is 3.79. The molecule has 1 amide bonds. The third-order valence-corrected chi connectivity index (χ3v) is 3.21. The molecule has 1 unspecified atom stereocenters. The van der Waals surface area contributed by atoms with Gasteiger partial charge in [-0.15, -0.1) is 0 Å². The smallest absolute Gasteiger partial charge is 0.227 e. The van der Waals surface area contributed by atoms with E-state index >= 15 is 0 Å². The Balaban J connectivity index is 2.02. The highest BCUT2D eigenvalue weighted by atomic mass is 16.3. The highest BCUT2D eigenvalue weighted by molar-refractivity contribution is 5.92. The molecule has 1 aliphatic rings. The Kier molecular flexibility index (Phi) is 2.86. The lowest BCUT2D eigenvalue weighted by atomic mass is 10.1. The van der Waals surface area contributed by atoms with E-state index in [0.717, 1.165) is 11.3 Å². The van der Waals surface area contributed by atoms with Crippen LogP contribution in [0.2, 0.25) is 0 Å². The number of hydrogen-bond donors (Lipinski definition) is 2. The molecular formula is C13H17NO2. The molecule has 3 heteroatoms. The zero-order valence-electron chi connectivity index (χ0n) is 9.66. The molecule has 1 atom stereocenters. The first-order chi connectivity index (χ1) is 7.58. The van der Waals surface area contributed by atoms with Gasteiger partial charge in [-0.2, -0.15) is 0 Å². The topological polar surface area (TPSA) is 49.3 Å². The van der Waals surface area contributed by atoms with Crippen LogP contribution in [0.1, 0.15) is 25.3 Å². The molecule has 2 rings (SSSR count). The summed E-state index contributed by atoms with van der Waals surface area (Å²) in [6, 6.07) is 5.11. The first-order valence-electron chi connectivity index (χ1n) is 5.68. The molecule has 1 aromatic rings. The minimum absolute atomic E-state index is 0.0765. The summed E-state index contributed by atoms with van der Waals surface area (Å²) in [6.07, 6.45) is 2.34. The van der Waals surface area contributed by atoms with Crippen molar-refractivity contribution in [3.8, 4) is 5.75 Å². The molecule has 0 aliphatic heterocycles. The van der Waals surface area contributed by atoms with Gasteiger partial charge in [0.25, 0.3) is 0 Å². The van der Waals surface area contributed by atoms with Crippen LogP contribution in [0.25, 0.3) is 0 Å². The van der Waals surface area contributed by atoms with E-state index in [2.05, 4.69) is 5.32 Å². The summed E-state index contributed by atoms with van der Waals surface area (Å²) < 4.78 is 0. The molecule has 0 spiro atoms. The molecule has 1 fully saturated rings. The third-order valence-electron chi connectivity index (χ3n) is 3.21. The van der Waals surface area contributed by atoms with Gasteiger partial charge in [-0.25, -0.2) is 0 Å². The number of amides is 1. The number of rotatable bonds is 3. The van der Waals surface area contributed by atoms with Crippen LogP contribution < -0.4 is 5.32 Å². The lowest BCUT2D eigenvalue weighted by molar-refractivity contribution is -0.119. The zero-order valence-corrected chi connectivity index (χ0v) is 9.66. The van der Waals surface area contributed by atoms with Gasteiger partial charge in [0.1, 0.15) is 5.75 Å². The summed E-state index contributed by atoms with van der Waals surface area (Å²) in [5.74, 6) is 0.994. The predicted octanol–water partition coefficient (Wildman–Crippen LogP) is 2.69. The molecule has 0 heterocycles. The Labute approximate surface area is 95.5 Å². The fourth-order valence-corrected chi connectivity index (χ4v) is 1.80. The molecule has 16 heavy (non-hydrogen) atoms. The minimum atomic E-state index is 0.0765. The Morgan fingerprint density at radius 2 is 2.19 bits per heavy atom. The van der Waals surface area contributed by atoms with Gasteiger partial charge < -0.3 is 10.4 Å². The van der Waals surface area contributed by atoms with Crippen molar-refractivity contribution in [1.82, 2.24) is 0 Å². The van der Waals surface area contributed by atoms with Crippen LogP contribution in [0.15, 0.2) is 18.2 Å². The van der Waals surface area contributed by atoms with Crippen molar-refractivity contribution < 1.29 is 9.90 Å². The van der Waals surface area contributed by atoms with E-state index in [0.29, 0.717) is 5.92 Å². The molecular weight excluding hydrogens is 202 g/mol. The monoisotopic (exact) mass is 219 g/mol. The van der Waals surface area contributed by atoms with Gasteiger partial charge in [-0.3, -0.25) is 4.79 Å². The van der Waals surface area contributed by atoms with E-state index < -0.39 is 0 Å². The average Bonchev–Trinajstić information content (AvgIpc) is 3.06. The SMILES string of the molecule is Cc1cc(NC(=O)C(C)C2CC2)ccc1O. The van der Waals surface area contributed by atoms with Gasteiger partial charge >= 0.3 is 0 Å². The molecule has 1 aromatic carbocycles. The largest absolute Gasteiger partial charge is 0.508 e. The van der Waals surface area contributed by atoms with E-state index in [1.54, 1.807) is 18.2 Å². The number of carbonyl (C=O) groups is 1. The van der Waals surface area contributed by atoms with Crippen molar-refractivity contribution in [2.24, 2.45) is 11.8 Å². The van der Waals surface area contributed by atoms with Gasteiger partial charge in [-0.05, 0) is 49.4 Å². The molecule has 0 bridgehead atoms. The molecule has 1 aliphatic carbocycles. The molecule has 2 N–H and O–H groups in total. The van der Waals surface area contributed by atoms with E-state index in [1.807, 2.05) is 13.8 Å². The number of hydrogen-bond acceptors (Lipinski definition) is 2. The number of aromatic hydroxyl groups is 1. The molecule has 1 saturated carbocycles. The van der Waals surface area contributed by atoms with E-state index in [4.69, 9.17) is 0 Å². The minimum Gasteiger partial charge on any atom is -0.508 e. The standard InChI is InChI=1S/C13H17NO2/c1-8-7-11(5-6-12(8)15)14-13(16)9(2)10-3-4-10/h5-7,9-10,15H,3-4H2,1-2H3,(H,14,16). The van der Waals surface area contributed by atoms with Crippen molar-refractivity contribution in [2.45, 2.75) is 26.7 Å². The number of nitrogens with one attached hydrogen (secondary N) is 1. The van der Waals surface area contributed by atoms with Gasteiger partial charge in [0.05, 0.1) is 0 Å². The van der Waals surface area contributed by atoms with Crippen LogP contribution in [-0.2, 0) is 4.79 Å². The second-order valence-corrected chi connectivity index (χ2v) is 4.62. The number of phenols is 1. The van der Waals surface area contributed by atoms with Gasteiger partial charge in [0.2, 0.25) is 5.91 Å². The van der Waals surface area contributed by atoms with Crippen molar-refractivity contribution in [3.05, 3.63) is 23.8 Å². The molecule has 0 radical (unpaired) electrons. The van der Waals surface area contributed by atoms with Gasteiger partial charge in [-0.1, -0.05) is 6.92 Å². The second kappa shape index (κ2) is 4.16. The summed E-state index contributed by atoms with van der Waals surface area (Å²) in [5.41, 5.74) is 1.53. The highest BCUT2D eigenvalue weighted by Gasteiger charge is 2.32. The number of phenolic OH excluding ortho intramolecular Hbond substituents is 1. The van der Waals surface area contributed by atoms with Crippen LogP contribution >= 0.6 is 0 Å². The first-order valence-corrected chi connectivity index (χ1v) is 5.68. The van der Waals surface area contributed by atoms with E-state index in [9.17, 15) is 9.90 Å². The molecule has 0 saturated heterocycles. The third kappa shape index (κ3) is 2.35. The van der Waals surface area contributed by atoms with Crippen LogP contribution in [0.3, 0.4) is 0 Å². The van der Waals surface area contributed by atoms with Crippen LogP contribution in [0, 0.1) is 18.8 Å².